The topological polar surface area (TPSA) is 99.0 Å². The molecule has 2 aromatic rings. The number of aliphatic carboxylic acids is 1. The Hall–Kier alpha value is -2.25. The summed E-state index contributed by atoms with van der Waals surface area (Å²) in [4.78, 5) is 24.2. The summed E-state index contributed by atoms with van der Waals surface area (Å²) in [6, 6.07) is 10.8. The molecule has 1 aliphatic heterocycles. The molecule has 0 bridgehead atoms. The molecule has 3 rings (SSSR count). The number of benzene rings is 1. The third-order valence-corrected chi connectivity index (χ3v) is 6.34. The van der Waals surface area contributed by atoms with E-state index in [0.29, 0.717) is 49.7 Å². The Labute approximate surface area is 183 Å². The molecule has 0 radical (unpaired) electrons. The molecule has 1 atom stereocenters. The molecule has 0 saturated heterocycles. The minimum Gasteiger partial charge on any atom is -0.481 e. The van der Waals surface area contributed by atoms with Crippen molar-refractivity contribution in [2.45, 2.75) is 39.2 Å². The van der Waals surface area contributed by atoms with Gasteiger partial charge in [-0.05, 0) is 63.1 Å². The van der Waals surface area contributed by atoms with Gasteiger partial charge in [-0.1, -0.05) is 0 Å². The first-order valence-corrected chi connectivity index (χ1v) is 11.6. The quantitative estimate of drug-likeness (QED) is 0.266. The van der Waals surface area contributed by atoms with Crippen LogP contribution in [0, 0.1) is 0 Å². The van der Waals surface area contributed by atoms with E-state index in [2.05, 4.69) is 5.32 Å². The molecule has 2 N–H and O–H groups in total. The number of carboxylic acids is 1. The molecule has 0 spiro atoms. The first kappa shape index (κ1) is 23.4. The highest BCUT2D eigenvalue weighted by atomic mass is 31.2. The van der Waals surface area contributed by atoms with Gasteiger partial charge in [0.25, 0.3) is 0 Å². The fourth-order valence-electron chi connectivity index (χ4n) is 3.55. The van der Waals surface area contributed by atoms with E-state index in [1.165, 1.54) is 0 Å². The number of ketones is 1. The summed E-state index contributed by atoms with van der Waals surface area (Å²) in [5, 5.41) is 12.6. The molecule has 0 amide bonds. The van der Waals surface area contributed by atoms with Gasteiger partial charge < -0.3 is 28.6 Å². The second-order valence-corrected chi connectivity index (χ2v) is 8.28. The molecule has 8 nitrogen and oxygen atoms in total. The zero-order valence-corrected chi connectivity index (χ0v) is 18.8. The first-order chi connectivity index (χ1) is 15.0. The molecule has 9 heteroatoms. The average Bonchev–Trinajstić information content (AvgIpc) is 3.36. The fraction of sp³-hybridized carbons (Fsp3) is 0.455. The second-order valence-electron chi connectivity index (χ2n) is 7.05. The summed E-state index contributed by atoms with van der Waals surface area (Å²) >= 11 is 0. The van der Waals surface area contributed by atoms with Gasteiger partial charge in [-0.15, -0.1) is 0 Å². The highest BCUT2D eigenvalue weighted by Crippen LogP contribution is 2.39. The van der Waals surface area contributed by atoms with Crippen molar-refractivity contribution in [2.24, 2.45) is 0 Å². The van der Waals surface area contributed by atoms with Gasteiger partial charge in [-0.25, -0.2) is 0 Å². The largest absolute Gasteiger partial charge is 0.481 e. The summed E-state index contributed by atoms with van der Waals surface area (Å²) in [5.74, 6) is -1.47. The minimum atomic E-state index is -1.27. The Morgan fingerprint density at radius 2 is 1.81 bits per heavy atom. The van der Waals surface area contributed by atoms with Crippen molar-refractivity contribution in [3.63, 3.8) is 0 Å². The van der Waals surface area contributed by atoms with E-state index in [-0.39, 0.29) is 5.78 Å². The molecule has 0 aliphatic carbocycles. The molecular weight excluding hydrogens is 419 g/mol. The number of hydrogen-bond acceptors (Lipinski definition) is 6. The fourth-order valence-corrected chi connectivity index (χ4v) is 4.47. The van der Waals surface area contributed by atoms with Crippen molar-refractivity contribution in [3.8, 4) is 0 Å². The molecule has 1 aromatic heterocycles. The highest BCUT2D eigenvalue weighted by Gasteiger charge is 2.31. The Balaban J connectivity index is 1.49. The van der Waals surface area contributed by atoms with Crippen molar-refractivity contribution in [1.82, 2.24) is 4.57 Å². The van der Waals surface area contributed by atoms with Crippen LogP contribution in [0.15, 0.2) is 36.4 Å². The van der Waals surface area contributed by atoms with Crippen LogP contribution in [0.4, 0.5) is 5.69 Å². The van der Waals surface area contributed by atoms with E-state index in [0.717, 1.165) is 18.7 Å². The van der Waals surface area contributed by atoms with Crippen molar-refractivity contribution in [1.29, 1.82) is 0 Å². The maximum absolute atomic E-state index is 12.9. The third kappa shape index (κ3) is 5.92. The molecule has 0 fully saturated rings. The van der Waals surface area contributed by atoms with Gasteiger partial charge in [-0.3, -0.25) is 9.59 Å². The van der Waals surface area contributed by atoms with Crippen LogP contribution < -0.4 is 5.32 Å². The lowest BCUT2D eigenvalue weighted by Crippen LogP contribution is -2.10. The van der Waals surface area contributed by atoms with Crippen molar-refractivity contribution < 1.29 is 28.3 Å². The summed E-state index contributed by atoms with van der Waals surface area (Å²) in [6.45, 7) is 6.73. The zero-order chi connectivity index (χ0) is 22.2. The lowest BCUT2D eigenvalue weighted by atomic mass is 10.1. The second kappa shape index (κ2) is 11.4. The minimum absolute atomic E-state index is 0.0996. The van der Waals surface area contributed by atoms with Gasteiger partial charge in [0.2, 0.25) is 5.78 Å². The molecule has 1 unspecified atom stereocenters. The number of anilines is 1. The zero-order valence-electron chi connectivity index (χ0n) is 17.9. The van der Waals surface area contributed by atoms with E-state index in [1.54, 1.807) is 24.3 Å². The van der Waals surface area contributed by atoms with E-state index >= 15 is 0 Å². The predicted octanol–water partition coefficient (Wildman–Crippen LogP) is 4.41. The third-order valence-electron chi connectivity index (χ3n) is 5.01. The Morgan fingerprint density at radius 3 is 2.45 bits per heavy atom. The van der Waals surface area contributed by atoms with Crippen LogP contribution in [0.3, 0.4) is 0 Å². The Bertz CT molecular complexity index is 877. The van der Waals surface area contributed by atoms with Crippen LogP contribution in [0.1, 0.15) is 54.4 Å². The van der Waals surface area contributed by atoms with E-state index in [9.17, 15) is 14.7 Å². The smallest absolute Gasteiger partial charge is 0.332 e. The summed E-state index contributed by atoms with van der Waals surface area (Å²) in [7, 11) is -1.27. The number of carbonyl (C=O) groups excluding carboxylic acids is 1. The van der Waals surface area contributed by atoms with E-state index in [1.807, 2.05) is 30.5 Å². The number of nitrogens with zero attached hydrogens (tertiary/aromatic N) is 1. The summed E-state index contributed by atoms with van der Waals surface area (Å²) in [6.07, 6.45) is 1.32. The van der Waals surface area contributed by atoms with Gasteiger partial charge in [0.05, 0.1) is 31.4 Å². The van der Waals surface area contributed by atoms with Gasteiger partial charge in [-0.2, -0.15) is 0 Å². The standard InChI is InChI=1S/C22H29N2O6P/c1-3-28-31(29-4-2)30-15-5-13-23-17-8-6-16(7-9-17)21(25)20-11-10-19-18(22(26)27)12-14-24(19)20/h6-11,18,23H,3-5,12-15H2,1-2H3,(H,26,27). The van der Waals surface area contributed by atoms with E-state index in [4.69, 9.17) is 13.6 Å². The van der Waals surface area contributed by atoms with Crippen molar-refractivity contribution in [3.05, 3.63) is 53.3 Å². The monoisotopic (exact) mass is 448 g/mol. The van der Waals surface area contributed by atoms with Crippen molar-refractivity contribution >= 4 is 26.0 Å². The summed E-state index contributed by atoms with van der Waals surface area (Å²) in [5.41, 5.74) is 2.73. The van der Waals surface area contributed by atoms with Crippen LogP contribution in [0.2, 0.25) is 0 Å². The molecular formula is C22H29N2O6P. The Kier molecular flexibility index (Phi) is 8.60. The molecule has 168 valence electrons. The maximum Gasteiger partial charge on any atom is 0.332 e. The highest BCUT2D eigenvalue weighted by molar-refractivity contribution is 7.41. The first-order valence-electron chi connectivity index (χ1n) is 10.5. The SMILES string of the molecule is CCOP(OCC)OCCCNc1ccc(C(=O)c2ccc3n2CCC3C(=O)O)cc1. The van der Waals surface area contributed by atoms with Crippen LogP contribution in [-0.4, -0.2) is 47.8 Å². The number of carboxylic acid groups (broad SMARTS) is 1. The number of nitrogens with one attached hydrogen (secondary N) is 1. The lowest BCUT2D eigenvalue weighted by Gasteiger charge is -2.15. The van der Waals surface area contributed by atoms with Gasteiger partial charge in [0, 0.05) is 30.0 Å². The molecule has 2 heterocycles. The number of rotatable bonds is 13. The van der Waals surface area contributed by atoms with Gasteiger partial charge in [0.15, 0.2) is 0 Å². The number of hydrogen-bond donors (Lipinski definition) is 2. The lowest BCUT2D eigenvalue weighted by molar-refractivity contribution is -0.138. The number of fused-ring (bicyclic) bond motifs is 1. The van der Waals surface area contributed by atoms with Gasteiger partial charge >= 0.3 is 14.6 Å². The van der Waals surface area contributed by atoms with Crippen LogP contribution in [0.5, 0.6) is 0 Å². The average molecular weight is 448 g/mol. The van der Waals surface area contributed by atoms with Crippen LogP contribution in [-0.2, 0) is 24.9 Å². The summed E-state index contributed by atoms with van der Waals surface area (Å²) < 4.78 is 18.2. The number of aromatic nitrogens is 1. The molecule has 31 heavy (non-hydrogen) atoms. The predicted molar refractivity (Wildman–Crippen MR) is 119 cm³/mol. The number of carbonyl (C=O) groups is 2. The van der Waals surface area contributed by atoms with Gasteiger partial charge in [0.1, 0.15) is 0 Å². The van der Waals surface area contributed by atoms with Crippen LogP contribution >= 0.6 is 8.60 Å². The molecule has 0 saturated carbocycles. The normalized spacial score (nSPS) is 15.3. The maximum atomic E-state index is 12.9. The Morgan fingerprint density at radius 1 is 1.10 bits per heavy atom. The van der Waals surface area contributed by atoms with Crippen LogP contribution in [0.25, 0.3) is 0 Å². The van der Waals surface area contributed by atoms with Crippen molar-refractivity contribution in [2.75, 3.05) is 31.7 Å². The molecule has 1 aliphatic rings. The van der Waals surface area contributed by atoms with E-state index < -0.39 is 20.5 Å². The molecule has 1 aromatic carbocycles.